The van der Waals surface area contributed by atoms with Crippen molar-refractivity contribution in [3.63, 3.8) is 0 Å². The van der Waals surface area contributed by atoms with Crippen LogP contribution < -0.4 is 36.0 Å². The van der Waals surface area contributed by atoms with Crippen LogP contribution in [0.2, 0.25) is 0 Å². The summed E-state index contributed by atoms with van der Waals surface area (Å²) in [6, 6.07) is 77.9. The van der Waals surface area contributed by atoms with Crippen molar-refractivity contribution >= 4 is 113 Å². The first-order valence-corrected chi connectivity index (χ1v) is 25.9. The Kier molecular flexibility index (Phi) is 10.7. The molecule has 10 aromatic carbocycles. The molecule has 2 aliphatic heterocycles. The molecule has 358 valence electrons. The Bertz CT molecular complexity index is 3880. The summed E-state index contributed by atoms with van der Waals surface area (Å²) in [6.45, 7) is 15.1. The number of fused-ring (bicyclic) bond motifs is 8. The molecule has 0 unspecified atom stereocenters. The molecule has 0 bridgehead atoms. The van der Waals surface area contributed by atoms with E-state index in [0.29, 0.717) is 0 Å². The van der Waals surface area contributed by atoms with E-state index in [4.69, 9.17) is 0 Å². The first kappa shape index (κ1) is 45.2. The number of anilines is 12. The molecule has 3 heterocycles. The van der Waals surface area contributed by atoms with Crippen LogP contribution in [0, 0.1) is 48.5 Å². The zero-order valence-corrected chi connectivity index (χ0v) is 43.4. The molecule has 13 rings (SSSR count). The van der Waals surface area contributed by atoms with Crippen LogP contribution in [0.25, 0.3) is 21.8 Å². The smallest absolute Gasteiger partial charge is 0.254 e. The van der Waals surface area contributed by atoms with Gasteiger partial charge in [-0.25, -0.2) is 0 Å². The third kappa shape index (κ3) is 7.30. The minimum atomic E-state index is -0.138. The van der Waals surface area contributed by atoms with Gasteiger partial charge in [0, 0.05) is 85.7 Å². The molecular weight excluding hydrogens is 898 g/mol. The monoisotopic (exact) mass is 955 g/mol. The Morgan fingerprint density at radius 2 is 0.757 bits per heavy atom. The Balaban J connectivity index is 1.22. The largest absolute Gasteiger partial charge is 0.344 e. The van der Waals surface area contributed by atoms with E-state index in [9.17, 15) is 0 Å². The van der Waals surface area contributed by atoms with E-state index in [-0.39, 0.29) is 6.71 Å². The molecule has 1 aromatic heterocycles. The average Bonchev–Trinajstić information content (AvgIpc) is 3.73. The van der Waals surface area contributed by atoms with Crippen LogP contribution in [0.15, 0.2) is 206 Å². The SMILES string of the molecule is Cc1ccc(N(c2ccc(C)cc2)c2cc3c4c(c2)N(c2ccc(C)cc2)c2cc(N(c5ccc(C)cc5)c5ccc(C)cc5)c5c6ccccc6n(C)c5c2B4c2cc(C)ccc2N3c2ccc(C)cc2)cc1. The minimum Gasteiger partial charge on any atom is -0.344 e. The van der Waals surface area contributed by atoms with Crippen LogP contribution in [-0.4, -0.2) is 11.3 Å². The molecule has 74 heavy (non-hydrogen) atoms. The maximum absolute atomic E-state index is 2.59. The number of hydrogen-bond acceptors (Lipinski definition) is 4. The number of benzene rings is 10. The highest BCUT2D eigenvalue weighted by atomic mass is 15.2. The predicted molar refractivity (Wildman–Crippen MR) is 317 cm³/mol. The molecule has 0 spiro atoms. The zero-order chi connectivity index (χ0) is 50.5. The highest BCUT2D eigenvalue weighted by Gasteiger charge is 2.46. The summed E-state index contributed by atoms with van der Waals surface area (Å²) in [6.07, 6.45) is 0. The van der Waals surface area contributed by atoms with E-state index in [2.05, 4.69) is 286 Å². The topological polar surface area (TPSA) is 17.9 Å². The van der Waals surface area contributed by atoms with Gasteiger partial charge in [-0.1, -0.05) is 142 Å². The number of para-hydroxylation sites is 1. The third-order valence-corrected chi connectivity index (χ3v) is 15.6. The van der Waals surface area contributed by atoms with Crippen LogP contribution in [-0.2, 0) is 7.05 Å². The standard InChI is InChI=1S/C68H58BN5/c1-43-13-26-50(27-14-43)71(51-28-15-44(2)16-29-51)56-40-62-66-63(41-56)74(55-36-23-48(6)24-37-55)64-42-61(72(52-30-17-45(3)18-31-52)53-32-19-46(4)20-33-53)65-57-11-9-10-12-59(57)70(8)68(65)67(64)69(66)58-39-49(7)25-38-60(58)73(62)54-34-21-47(5)22-35-54/h9-42H,1-8H3. The minimum absolute atomic E-state index is 0.138. The van der Waals surface area contributed by atoms with Gasteiger partial charge in [0.15, 0.2) is 0 Å². The molecule has 11 aromatic rings. The van der Waals surface area contributed by atoms with Crippen molar-refractivity contribution in [3.8, 4) is 0 Å². The van der Waals surface area contributed by atoms with Crippen molar-refractivity contribution in [2.75, 3.05) is 19.6 Å². The van der Waals surface area contributed by atoms with Gasteiger partial charge in [-0.3, -0.25) is 0 Å². The van der Waals surface area contributed by atoms with Crippen LogP contribution in [0.4, 0.5) is 68.2 Å². The molecule has 0 saturated carbocycles. The second kappa shape index (κ2) is 17.5. The van der Waals surface area contributed by atoms with Gasteiger partial charge in [0.05, 0.1) is 11.4 Å². The third-order valence-electron chi connectivity index (χ3n) is 15.6. The quantitative estimate of drug-likeness (QED) is 0.141. The Labute approximate surface area is 435 Å². The van der Waals surface area contributed by atoms with Gasteiger partial charge in [-0.2, -0.15) is 0 Å². The summed E-state index contributed by atoms with van der Waals surface area (Å²) < 4.78 is 2.49. The van der Waals surface area contributed by atoms with Gasteiger partial charge >= 0.3 is 0 Å². The summed E-state index contributed by atoms with van der Waals surface area (Å²) in [5.74, 6) is 0. The van der Waals surface area contributed by atoms with Crippen LogP contribution >= 0.6 is 0 Å². The van der Waals surface area contributed by atoms with Crippen molar-refractivity contribution < 1.29 is 0 Å². The summed E-state index contributed by atoms with van der Waals surface area (Å²) in [4.78, 5) is 10.1. The second-order valence-corrected chi connectivity index (χ2v) is 20.9. The normalized spacial score (nSPS) is 12.5. The van der Waals surface area contributed by atoms with E-state index in [1.54, 1.807) is 0 Å². The number of hydrogen-bond donors (Lipinski definition) is 0. The van der Waals surface area contributed by atoms with Gasteiger partial charge in [0.1, 0.15) is 0 Å². The zero-order valence-electron chi connectivity index (χ0n) is 43.4. The number of nitrogens with zero attached hydrogens (tertiary/aromatic N) is 5. The van der Waals surface area contributed by atoms with Gasteiger partial charge < -0.3 is 24.2 Å². The fraction of sp³-hybridized carbons (Fsp3) is 0.118. The summed E-state index contributed by atoms with van der Waals surface area (Å²) in [5, 5.41) is 2.46. The molecule has 0 saturated heterocycles. The molecule has 0 amide bonds. The van der Waals surface area contributed by atoms with Crippen LogP contribution in [0.5, 0.6) is 0 Å². The Hall–Kier alpha value is -8.74. The van der Waals surface area contributed by atoms with Crippen molar-refractivity contribution in [2.24, 2.45) is 7.05 Å². The Morgan fingerprint density at radius 3 is 1.24 bits per heavy atom. The average molecular weight is 956 g/mol. The lowest BCUT2D eigenvalue weighted by Crippen LogP contribution is -2.62. The summed E-state index contributed by atoms with van der Waals surface area (Å²) >= 11 is 0. The lowest BCUT2D eigenvalue weighted by molar-refractivity contribution is 1.02. The molecule has 0 N–H and O–H groups in total. The highest BCUT2D eigenvalue weighted by Crippen LogP contribution is 2.52. The first-order chi connectivity index (χ1) is 36.0. The lowest BCUT2D eigenvalue weighted by Gasteiger charge is -2.45. The van der Waals surface area contributed by atoms with E-state index in [1.807, 2.05) is 0 Å². The van der Waals surface area contributed by atoms with Gasteiger partial charge in [-0.15, -0.1) is 0 Å². The van der Waals surface area contributed by atoms with Crippen molar-refractivity contribution in [3.05, 3.63) is 245 Å². The molecule has 2 aliphatic rings. The lowest BCUT2D eigenvalue weighted by atomic mass is 9.33. The molecule has 0 aliphatic carbocycles. The number of aryl methyl sites for hydroxylation is 8. The van der Waals surface area contributed by atoms with E-state index in [0.717, 1.165) is 62.6 Å². The molecule has 5 nitrogen and oxygen atoms in total. The maximum atomic E-state index is 2.59. The van der Waals surface area contributed by atoms with Crippen molar-refractivity contribution in [1.82, 2.24) is 4.57 Å². The molecule has 0 atom stereocenters. The second-order valence-electron chi connectivity index (χ2n) is 20.9. The van der Waals surface area contributed by atoms with Gasteiger partial charge in [-0.05, 0) is 168 Å². The fourth-order valence-electron chi connectivity index (χ4n) is 11.8. The summed E-state index contributed by atoms with van der Waals surface area (Å²) in [5.41, 5.74) is 28.3. The van der Waals surface area contributed by atoms with Crippen LogP contribution in [0.3, 0.4) is 0 Å². The molecular formula is C68H58BN5. The first-order valence-electron chi connectivity index (χ1n) is 25.9. The number of aromatic nitrogens is 1. The summed E-state index contributed by atoms with van der Waals surface area (Å²) in [7, 11) is 2.28. The molecule has 0 fully saturated rings. The van der Waals surface area contributed by atoms with Crippen molar-refractivity contribution in [1.29, 1.82) is 0 Å². The number of rotatable bonds is 8. The highest BCUT2D eigenvalue weighted by molar-refractivity contribution is 7.01. The Morgan fingerprint density at radius 1 is 0.351 bits per heavy atom. The maximum Gasteiger partial charge on any atom is 0.254 e. The van der Waals surface area contributed by atoms with E-state index >= 15 is 0 Å². The van der Waals surface area contributed by atoms with Gasteiger partial charge in [0.25, 0.3) is 6.71 Å². The van der Waals surface area contributed by atoms with E-state index < -0.39 is 0 Å². The van der Waals surface area contributed by atoms with E-state index in [1.165, 1.54) is 82.8 Å². The van der Waals surface area contributed by atoms with Crippen LogP contribution in [0.1, 0.15) is 38.9 Å². The molecule has 6 heteroatoms. The predicted octanol–water partition coefficient (Wildman–Crippen LogP) is 16.5. The fourth-order valence-corrected chi connectivity index (χ4v) is 11.8. The molecule has 0 radical (unpaired) electrons. The van der Waals surface area contributed by atoms with Gasteiger partial charge in [0.2, 0.25) is 0 Å². The van der Waals surface area contributed by atoms with Crippen molar-refractivity contribution in [2.45, 2.75) is 48.5 Å².